The van der Waals surface area contributed by atoms with E-state index < -0.39 is 29.2 Å². The highest BCUT2D eigenvalue weighted by molar-refractivity contribution is 9.10. The number of ether oxygens (including phenoxy) is 1. The van der Waals surface area contributed by atoms with E-state index in [4.69, 9.17) is 4.74 Å². The molecule has 0 N–H and O–H groups in total. The molecule has 144 valence electrons. The summed E-state index contributed by atoms with van der Waals surface area (Å²) < 4.78 is 5.94. The normalized spacial score (nSPS) is 16.1. The van der Waals surface area contributed by atoms with Crippen LogP contribution in [0.4, 0.5) is 11.4 Å². The molecule has 1 heterocycles. The van der Waals surface area contributed by atoms with Gasteiger partial charge in [-0.2, -0.15) is 0 Å². The molecule has 1 fully saturated rings. The molecule has 0 radical (unpaired) electrons. The van der Waals surface area contributed by atoms with Gasteiger partial charge in [-0.25, -0.2) is 0 Å². The molecule has 1 aliphatic heterocycles. The first-order valence-corrected chi connectivity index (χ1v) is 9.14. The first-order valence-electron chi connectivity index (χ1n) is 8.35. The Morgan fingerprint density at radius 3 is 2.39 bits per heavy atom. The number of benzene rings is 2. The minimum absolute atomic E-state index is 0.0145. The molecule has 1 amide bonds. The van der Waals surface area contributed by atoms with E-state index in [2.05, 4.69) is 15.9 Å². The second kappa shape index (κ2) is 8.30. The van der Waals surface area contributed by atoms with Crippen molar-refractivity contribution in [2.45, 2.75) is 6.42 Å². The Bertz CT molecular complexity index is 926. The van der Waals surface area contributed by atoms with Gasteiger partial charge in [0.2, 0.25) is 5.91 Å². The van der Waals surface area contributed by atoms with Crippen molar-refractivity contribution in [2.24, 2.45) is 5.92 Å². The van der Waals surface area contributed by atoms with E-state index in [-0.39, 0.29) is 30.1 Å². The third-order valence-corrected chi connectivity index (χ3v) is 4.87. The molecule has 3 rings (SSSR count). The lowest BCUT2D eigenvalue weighted by Crippen LogP contribution is -2.27. The smallest absolute Gasteiger partial charge is 0.311 e. The number of ketones is 1. The van der Waals surface area contributed by atoms with E-state index in [0.717, 1.165) is 4.47 Å². The first-order chi connectivity index (χ1) is 13.3. The van der Waals surface area contributed by atoms with Crippen LogP contribution in [0.1, 0.15) is 16.8 Å². The molecule has 2 aromatic carbocycles. The molecule has 0 saturated carbocycles. The number of esters is 1. The third-order valence-electron chi connectivity index (χ3n) is 4.34. The predicted molar refractivity (Wildman–Crippen MR) is 103 cm³/mol. The lowest BCUT2D eigenvalue weighted by Gasteiger charge is -2.16. The number of halogens is 1. The second-order valence-corrected chi connectivity index (χ2v) is 7.13. The number of non-ortho nitro benzene ring substituents is 1. The molecule has 28 heavy (non-hydrogen) atoms. The monoisotopic (exact) mass is 446 g/mol. The number of nitrogens with zero attached hydrogens (tertiary/aromatic N) is 2. The quantitative estimate of drug-likeness (QED) is 0.292. The Labute approximate surface area is 168 Å². The molecule has 1 aliphatic rings. The van der Waals surface area contributed by atoms with Gasteiger partial charge >= 0.3 is 5.97 Å². The summed E-state index contributed by atoms with van der Waals surface area (Å²) in [4.78, 5) is 48.1. The zero-order chi connectivity index (χ0) is 20.3. The lowest BCUT2D eigenvalue weighted by molar-refractivity contribution is -0.384. The van der Waals surface area contributed by atoms with Crippen LogP contribution in [0.25, 0.3) is 0 Å². The maximum atomic E-state index is 12.3. The van der Waals surface area contributed by atoms with Gasteiger partial charge in [-0.3, -0.25) is 24.5 Å². The van der Waals surface area contributed by atoms with Crippen molar-refractivity contribution < 1.29 is 24.0 Å². The molecular weight excluding hydrogens is 432 g/mol. The van der Waals surface area contributed by atoms with Crippen LogP contribution < -0.4 is 4.90 Å². The highest BCUT2D eigenvalue weighted by Crippen LogP contribution is 2.27. The van der Waals surface area contributed by atoms with Crippen LogP contribution in [0.3, 0.4) is 0 Å². The Morgan fingerprint density at radius 1 is 1.14 bits per heavy atom. The van der Waals surface area contributed by atoms with Crippen molar-refractivity contribution >= 4 is 45.0 Å². The molecule has 0 spiro atoms. The molecule has 8 nitrogen and oxygen atoms in total. The number of amides is 1. The first kappa shape index (κ1) is 19.7. The predicted octanol–water partition coefficient (Wildman–Crippen LogP) is 3.14. The van der Waals surface area contributed by atoms with E-state index in [1.807, 2.05) is 0 Å². The van der Waals surface area contributed by atoms with Gasteiger partial charge in [0.15, 0.2) is 12.4 Å². The summed E-state index contributed by atoms with van der Waals surface area (Å²) in [6.45, 7) is -0.301. The van der Waals surface area contributed by atoms with Crippen molar-refractivity contribution in [1.82, 2.24) is 0 Å². The highest BCUT2D eigenvalue weighted by Gasteiger charge is 2.36. The zero-order valence-corrected chi connectivity index (χ0v) is 16.1. The van der Waals surface area contributed by atoms with Gasteiger partial charge in [0.1, 0.15) is 0 Å². The average Bonchev–Trinajstić information content (AvgIpc) is 3.08. The van der Waals surface area contributed by atoms with E-state index in [1.54, 1.807) is 24.3 Å². The van der Waals surface area contributed by atoms with Crippen LogP contribution >= 0.6 is 15.9 Å². The maximum Gasteiger partial charge on any atom is 0.311 e. The SMILES string of the molecule is O=C(COC(=O)[C@@H]1CC(=O)N(c2ccc(Br)cc2)C1)c1ccc([N+](=O)[O-])cc1. The number of hydrogen-bond acceptors (Lipinski definition) is 6. The summed E-state index contributed by atoms with van der Waals surface area (Å²) in [5, 5.41) is 10.6. The number of carbonyl (C=O) groups excluding carboxylic acids is 3. The third kappa shape index (κ3) is 4.42. The summed E-state index contributed by atoms with van der Waals surface area (Å²) in [5.74, 6) is -1.94. The summed E-state index contributed by atoms with van der Waals surface area (Å²) in [7, 11) is 0. The standard InChI is InChI=1S/C19H15BrN2O6/c20-14-3-7-15(8-4-14)21-10-13(9-18(21)24)19(25)28-11-17(23)12-1-5-16(6-2-12)22(26)27/h1-8,13H,9-11H2/t13-/m1/s1. The molecule has 1 saturated heterocycles. The Kier molecular flexibility index (Phi) is 5.84. The van der Waals surface area contributed by atoms with E-state index in [0.29, 0.717) is 5.69 Å². The van der Waals surface area contributed by atoms with Gasteiger partial charge in [-0.05, 0) is 36.4 Å². The van der Waals surface area contributed by atoms with Crippen LogP contribution in [0, 0.1) is 16.0 Å². The molecular formula is C19H15BrN2O6. The molecule has 9 heteroatoms. The number of carbonyl (C=O) groups is 3. The van der Waals surface area contributed by atoms with E-state index in [9.17, 15) is 24.5 Å². The van der Waals surface area contributed by atoms with Crippen LogP contribution in [0.15, 0.2) is 53.0 Å². The second-order valence-electron chi connectivity index (χ2n) is 6.22. The average molecular weight is 447 g/mol. The Morgan fingerprint density at radius 2 is 1.79 bits per heavy atom. The Balaban J connectivity index is 1.56. The number of nitro benzene ring substituents is 1. The molecule has 0 bridgehead atoms. The maximum absolute atomic E-state index is 12.3. The van der Waals surface area contributed by atoms with Gasteiger partial charge in [0.05, 0.1) is 10.8 Å². The van der Waals surface area contributed by atoms with Gasteiger partial charge in [0, 0.05) is 40.8 Å². The van der Waals surface area contributed by atoms with Gasteiger partial charge in [-0.15, -0.1) is 0 Å². The van der Waals surface area contributed by atoms with E-state index in [1.165, 1.54) is 29.2 Å². The minimum atomic E-state index is -0.652. The van der Waals surface area contributed by atoms with Crippen molar-refractivity contribution in [3.05, 3.63) is 68.7 Å². The summed E-state index contributed by atoms with van der Waals surface area (Å²) >= 11 is 3.33. The fraction of sp³-hybridized carbons (Fsp3) is 0.211. The van der Waals surface area contributed by atoms with Gasteiger partial charge in [0.25, 0.3) is 5.69 Å². The van der Waals surface area contributed by atoms with Crippen molar-refractivity contribution in [2.75, 3.05) is 18.1 Å². The van der Waals surface area contributed by atoms with Crippen LogP contribution in [-0.4, -0.2) is 35.7 Å². The van der Waals surface area contributed by atoms with Crippen LogP contribution in [-0.2, 0) is 14.3 Å². The largest absolute Gasteiger partial charge is 0.457 e. The zero-order valence-electron chi connectivity index (χ0n) is 14.5. The van der Waals surface area contributed by atoms with Crippen LogP contribution in [0.2, 0.25) is 0 Å². The van der Waals surface area contributed by atoms with Crippen molar-refractivity contribution in [3.63, 3.8) is 0 Å². The van der Waals surface area contributed by atoms with E-state index >= 15 is 0 Å². The molecule has 0 aliphatic carbocycles. The number of rotatable bonds is 6. The fourth-order valence-electron chi connectivity index (χ4n) is 2.84. The number of hydrogen-bond donors (Lipinski definition) is 0. The Hall–Kier alpha value is -3.07. The minimum Gasteiger partial charge on any atom is -0.457 e. The van der Waals surface area contributed by atoms with Crippen molar-refractivity contribution in [3.8, 4) is 0 Å². The van der Waals surface area contributed by atoms with Gasteiger partial charge in [-0.1, -0.05) is 15.9 Å². The number of anilines is 1. The summed E-state index contributed by atoms with van der Waals surface area (Å²) in [5.41, 5.74) is 0.758. The fourth-order valence-corrected chi connectivity index (χ4v) is 3.11. The van der Waals surface area contributed by atoms with Crippen molar-refractivity contribution in [1.29, 1.82) is 0 Å². The molecule has 2 aromatic rings. The topological polar surface area (TPSA) is 107 Å². The molecule has 0 unspecified atom stereocenters. The lowest BCUT2D eigenvalue weighted by atomic mass is 10.1. The molecule has 0 aromatic heterocycles. The molecule has 1 atom stereocenters. The highest BCUT2D eigenvalue weighted by atomic mass is 79.9. The summed E-state index contributed by atoms with van der Waals surface area (Å²) in [6, 6.07) is 12.2. The number of Topliss-reactive ketones (excluding diaryl/α,β-unsaturated/α-hetero) is 1. The summed E-state index contributed by atoms with van der Waals surface area (Å²) in [6.07, 6.45) is 0.0145. The van der Waals surface area contributed by atoms with Gasteiger partial charge < -0.3 is 9.64 Å². The number of nitro groups is 1. The van der Waals surface area contributed by atoms with Crippen LogP contribution in [0.5, 0.6) is 0 Å².